The van der Waals surface area contributed by atoms with E-state index in [0.29, 0.717) is 19.1 Å². The van der Waals surface area contributed by atoms with Crippen molar-refractivity contribution in [3.63, 3.8) is 0 Å². The van der Waals surface area contributed by atoms with Crippen molar-refractivity contribution in [3.8, 4) is 12.0 Å². The average molecular weight is 257 g/mol. The molecule has 0 aliphatic carbocycles. The molecule has 0 aromatic carbocycles. The summed E-state index contributed by atoms with van der Waals surface area (Å²) < 4.78 is 14.8. The van der Waals surface area contributed by atoms with Crippen LogP contribution in [0, 0.1) is 0 Å². The Morgan fingerprint density at radius 3 is 2.11 bits per heavy atom. The van der Waals surface area contributed by atoms with Crippen LogP contribution in [-0.4, -0.2) is 62.5 Å². The van der Waals surface area contributed by atoms with E-state index in [4.69, 9.17) is 14.2 Å². The summed E-state index contributed by atoms with van der Waals surface area (Å²) in [5.41, 5.74) is 0. The van der Waals surface area contributed by atoms with Crippen molar-refractivity contribution in [2.45, 2.75) is 0 Å². The first-order valence-corrected chi connectivity index (χ1v) is 5.57. The lowest BCUT2D eigenvalue weighted by Gasteiger charge is -2.08. The Kier molecular flexibility index (Phi) is 6.74. The topological polar surface area (TPSA) is 90.4 Å². The molecule has 0 atom stereocenters. The largest absolute Gasteiger partial charge is 0.467 e. The van der Waals surface area contributed by atoms with Crippen LogP contribution < -0.4 is 20.1 Å². The normalized spacial score (nSPS) is 10.2. The number of hydrogen-bond donors (Lipinski definition) is 2. The maximum Gasteiger partial charge on any atom is 0.324 e. The molecule has 0 aliphatic heterocycles. The highest BCUT2D eigenvalue weighted by Crippen LogP contribution is 2.11. The molecule has 1 heterocycles. The van der Waals surface area contributed by atoms with Crippen LogP contribution in [0.3, 0.4) is 0 Å². The van der Waals surface area contributed by atoms with Gasteiger partial charge in [0.05, 0.1) is 20.8 Å². The lowest BCUT2D eigenvalue weighted by atomic mass is 10.5. The predicted octanol–water partition coefficient (Wildman–Crippen LogP) is -0.463. The van der Waals surface area contributed by atoms with Crippen molar-refractivity contribution >= 4 is 5.95 Å². The third kappa shape index (κ3) is 5.11. The zero-order valence-electron chi connectivity index (χ0n) is 10.9. The van der Waals surface area contributed by atoms with Crippen LogP contribution in [0.1, 0.15) is 0 Å². The molecule has 0 radical (unpaired) electrons. The second kappa shape index (κ2) is 8.43. The molecule has 0 saturated heterocycles. The third-order valence-corrected chi connectivity index (χ3v) is 2.03. The van der Waals surface area contributed by atoms with Crippen LogP contribution in [0.15, 0.2) is 0 Å². The van der Waals surface area contributed by atoms with Crippen LogP contribution in [0.5, 0.6) is 12.0 Å². The van der Waals surface area contributed by atoms with Gasteiger partial charge in [-0.15, -0.1) is 4.98 Å². The fraction of sp³-hybridized carbons (Fsp3) is 0.700. The Morgan fingerprint density at radius 2 is 1.56 bits per heavy atom. The summed E-state index contributed by atoms with van der Waals surface area (Å²) in [6, 6.07) is 0.438. The summed E-state index contributed by atoms with van der Waals surface area (Å²) >= 11 is 0. The van der Waals surface area contributed by atoms with Gasteiger partial charge in [0, 0.05) is 26.7 Å². The highest BCUT2D eigenvalue weighted by Gasteiger charge is 2.05. The zero-order chi connectivity index (χ0) is 13.2. The third-order valence-electron chi connectivity index (χ3n) is 2.03. The van der Waals surface area contributed by atoms with Crippen molar-refractivity contribution in [1.82, 2.24) is 20.3 Å². The second-order valence-corrected chi connectivity index (χ2v) is 3.30. The molecule has 8 nitrogen and oxygen atoms in total. The Morgan fingerprint density at radius 1 is 0.889 bits per heavy atom. The van der Waals surface area contributed by atoms with E-state index in [1.807, 2.05) is 0 Å². The van der Waals surface area contributed by atoms with Gasteiger partial charge in [-0.25, -0.2) is 0 Å². The van der Waals surface area contributed by atoms with Crippen molar-refractivity contribution in [2.75, 3.05) is 52.9 Å². The highest BCUT2D eigenvalue weighted by molar-refractivity contribution is 5.27. The summed E-state index contributed by atoms with van der Waals surface area (Å²) in [5, 5.41) is 6.24. The van der Waals surface area contributed by atoms with Gasteiger partial charge in [-0.3, -0.25) is 0 Å². The maximum atomic E-state index is 4.94. The molecule has 1 rings (SSSR count). The van der Waals surface area contributed by atoms with Gasteiger partial charge in [-0.1, -0.05) is 0 Å². The van der Waals surface area contributed by atoms with Crippen LogP contribution in [0.25, 0.3) is 0 Å². The van der Waals surface area contributed by atoms with Gasteiger partial charge < -0.3 is 24.8 Å². The van der Waals surface area contributed by atoms with E-state index in [2.05, 4.69) is 25.6 Å². The highest BCUT2D eigenvalue weighted by atomic mass is 16.5. The average Bonchev–Trinajstić information content (AvgIpc) is 2.42. The predicted molar refractivity (Wildman–Crippen MR) is 66.2 cm³/mol. The molecule has 0 unspecified atom stereocenters. The van der Waals surface area contributed by atoms with Gasteiger partial charge in [0.2, 0.25) is 5.95 Å². The van der Waals surface area contributed by atoms with E-state index in [0.717, 1.165) is 13.1 Å². The number of aromatic nitrogens is 3. The van der Waals surface area contributed by atoms with Gasteiger partial charge in [0.15, 0.2) is 0 Å². The smallest absolute Gasteiger partial charge is 0.324 e. The quantitative estimate of drug-likeness (QED) is 0.574. The first-order chi connectivity index (χ1) is 8.80. The Bertz CT molecular complexity index is 328. The maximum absolute atomic E-state index is 4.94. The fourth-order valence-corrected chi connectivity index (χ4v) is 1.16. The molecule has 102 valence electrons. The Balaban J connectivity index is 2.36. The van der Waals surface area contributed by atoms with Gasteiger partial charge >= 0.3 is 12.0 Å². The molecular weight excluding hydrogens is 238 g/mol. The number of methoxy groups -OCH3 is 3. The lowest BCUT2D eigenvalue weighted by molar-refractivity contribution is 0.200. The molecule has 0 fully saturated rings. The molecule has 0 aliphatic rings. The lowest BCUT2D eigenvalue weighted by Crippen LogP contribution is -2.26. The molecule has 0 saturated carbocycles. The number of nitrogens with one attached hydrogen (secondary N) is 2. The molecule has 18 heavy (non-hydrogen) atoms. The first-order valence-electron chi connectivity index (χ1n) is 5.57. The number of nitrogens with zero attached hydrogens (tertiary/aromatic N) is 3. The number of rotatable bonds is 9. The molecular formula is C10H19N5O3. The van der Waals surface area contributed by atoms with E-state index in [-0.39, 0.29) is 12.0 Å². The Hall–Kier alpha value is -1.67. The molecule has 8 heteroatoms. The van der Waals surface area contributed by atoms with Crippen LogP contribution in [0.2, 0.25) is 0 Å². The minimum absolute atomic E-state index is 0.219. The fourth-order valence-electron chi connectivity index (χ4n) is 1.16. The molecule has 1 aromatic heterocycles. The summed E-state index contributed by atoms with van der Waals surface area (Å²) in [7, 11) is 4.65. The second-order valence-electron chi connectivity index (χ2n) is 3.30. The molecule has 0 spiro atoms. The van der Waals surface area contributed by atoms with Crippen LogP contribution in [0.4, 0.5) is 5.95 Å². The minimum atomic E-state index is 0.219. The first kappa shape index (κ1) is 14.4. The summed E-state index contributed by atoms with van der Waals surface area (Å²) in [4.78, 5) is 12.0. The van der Waals surface area contributed by atoms with Gasteiger partial charge in [-0.2, -0.15) is 9.97 Å². The number of hydrogen-bond acceptors (Lipinski definition) is 8. The molecule has 2 N–H and O–H groups in total. The van der Waals surface area contributed by atoms with Gasteiger partial charge in [-0.05, 0) is 0 Å². The standard InChI is InChI=1S/C10H19N5O3/c1-16-7-6-11-4-5-12-8-13-9(17-2)15-10(14-8)18-3/h11H,4-7H2,1-3H3,(H,12,13,14,15). The van der Waals surface area contributed by atoms with Gasteiger partial charge in [0.1, 0.15) is 0 Å². The monoisotopic (exact) mass is 257 g/mol. The van der Waals surface area contributed by atoms with E-state index < -0.39 is 0 Å². The van der Waals surface area contributed by atoms with Crippen LogP contribution in [-0.2, 0) is 4.74 Å². The minimum Gasteiger partial charge on any atom is -0.467 e. The van der Waals surface area contributed by atoms with Crippen LogP contribution >= 0.6 is 0 Å². The number of ether oxygens (including phenoxy) is 3. The summed E-state index contributed by atoms with van der Waals surface area (Å²) in [6.07, 6.45) is 0. The van der Waals surface area contributed by atoms with Crippen molar-refractivity contribution in [1.29, 1.82) is 0 Å². The van der Waals surface area contributed by atoms with Crippen molar-refractivity contribution < 1.29 is 14.2 Å². The van der Waals surface area contributed by atoms with E-state index in [9.17, 15) is 0 Å². The van der Waals surface area contributed by atoms with E-state index in [1.165, 1.54) is 14.2 Å². The summed E-state index contributed by atoms with van der Waals surface area (Å²) in [5.74, 6) is 0.423. The molecule has 0 amide bonds. The van der Waals surface area contributed by atoms with E-state index in [1.54, 1.807) is 7.11 Å². The van der Waals surface area contributed by atoms with Crippen molar-refractivity contribution in [3.05, 3.63) is 0 Å². The molecule has 1 aromatic rings. The summed E-state index contributed by atoms with van der Waals surface area (Å²) in [6.45, 7) is 2.95. The molecule has 0 bridgehead atoms. The van der Waals surface area contributed by atoms with Gasteiger partial charge in [0.25, 0.3) is 0 Å². The zero-order valence-corrected chi connectivity index (χ0v) is 10.9. The van der Waals surface area contributed by atoms with Crippen molar-refractivity contribution in [2.24, 2.45) is 0 Å². The Labute approximate surface area is 106 Å². The van der Waals surface area contributed by atoms with E-state index >= 15 is 0 Å². The SMILES string of the molecule is COCCNCCNc1nc(OC)nc(OC)n1. The number of anilines is 1.